The molecule has 0 aliphatic carbocycles. The van der Waals surface area contributed by atoms with Gasteiger partial charge in [0.1, 0.15) is 0 Å². The van der Waals surface area contributed by atoms with Crippen LogP contribution in [0.25, 0.3) is 0 Å². The predicted octanol–water partition coefficient (Wildman–Crippen LogP) is 2.62. The fraction of sp³-hybridized carbons (Fsp3) is 0.833. The molecule has 0 aromatic rings. The summed E-state index contributed by atoms with van der Waals surface area (Å²) in [7, 11) is 0. The fourth-order valence-corrected chi connectivity index (χ4v) is 0.661. The van der Waals surface area contributed by atoms with Gasteiger partial charge in [0.25, 0.3) is 0 Å². The zero-order valence-corrected chi connectivity index (χ0v) is 5.70. The van der Waals surface area contributed by atoms with Crippen molar-refractivity contribution in [2.45, 2.75) is 32.1 Å². The molecular weight excluding hydrogens is 108 g/mol. The van der Waals surface area contributed by atoms with Gasteiger partial charge in [0.15, 0.2) is 0 Å². The van der Waals surface area contributed by atoms with Gasteiger partial charge in [-0.05, 0) is 12.8 Å². The SMILES string of the molecule is C[CH]C(Cl)CCC. The molecule has 1 atom stereocenters. The lowest BCUT2D eigenvalue weighted by Crippen LogP contribution is -1.93. The molecule has 0 heterocycles. The second kappa shape index (κ2) is 4.45. The molecule has 0 N–H and O–H groups in total. The highest BCUT2D eigenvalue weighted by Gasteiger charge is 1.95. The molecule has 0 aromatic heterocycles. The summed E-state index contributed by atoms with van der Waals surface area (Å²) in [5.74, 6) is 0. The van der Waals surface area contributed by atoms with E-state index in [0.717, 1.165) is 6.42 Å². The Labute approximate surface area is 50.9 Å². The molecular formula is C6H12Cl. The van der Waals surface area contributed by atoms with Crippen LogP contribution in [0.4, 0.5) is 0 Å². The van der Waals surface area contributed by atoms with Crippen LogP contribution in [0.5, 0.6) is 0 Å². The van der Waals surface area contributed by atoms with Crippen LogP contribution in [-0.4, -0.2) is 5.38 Å². The van der Waals surface area contributed by atoms with Gasteiger partial charge >= 0.3 is 0 Å². The first kappa shape index (κ1) is 7.29. The highest BCUT2D eigenvalue weighted by molar-refractivity contribution is 6.21. The van der Waals surface area contributed by atoms with Gasteiger partial charge in [-0.1, -0.05) is 20.3 Å². The molecule has 0 saturated carbocycles. The first-order chi connectivity index (χ1) is 3.31. The molecule has 0 fully saturated rings. The standard InChI is InChI=1S/C6H12Cl/c1-3-5-6(7)4-2/h4,6H,3,5H2,1-2H3. The molecule has 0 aliphatic rings. The number of hydrogen-bond donors (Lipinski definition) is 0. The average Bonchev–Trinajstić information content (AvgIpc) is 1.68. The van der Waals surface area contributed by atoms with E-state index in [1.54, 1.807) is 0 Å². The summed E-state index contributed by atoms with van der Waals surface area (Å²) in [4.78, 5) is 0. The highest BCUT2D eigenvalue weighted by atomic mass is 35.5. The maximum atomic E-state index is 5.71. The Bertz CT molecular complexity index is 35.2. The van der Waals surface area contributed by atoms with E-state index in [1.165, 1.54) is 6.42 Å². The number of rotatable bonds is 3. The Balaban J connectivity index is 2.83. The Morgan fingerprint density at radius 2 is 2.29 bits per heavy atom. The Morgan fingerprint density at radius 1 is 1.71 bits per heavy atom. The van der Waals surface area contributed by atoms with E-state index in [2.05, 4.69) is 6.92 Å². The Kier molecular flexibility index (Phi) is 4.63. The molecule has 0 rings (SSSR count). The average molecular weight is 120 g/mol. The van der Waals surface area contributed by atoms with E-state index >= 15 is 0 Å². The van der Waals surface area contributed by atoms with Crippen molar-refractivity contribution in [1.82, 2.24) is 0 Å². The number of alkyl halides is 1. The molecule has 1 radical (unpaired) electrons. The summed E-state index contributed by atoms with van der Waals surface area (Å²) >= 11 is 5.71. The van der Waals surface area contributed by atoms with Crippen LogP contribution in [0.15, 0.2) is 0 Å². The highest BCUT2D eigenvalue weighted by Crippen LogP contribution is 2.06. The van der Waals surface area contributed by atoms with Crippen LogP contribution in [0.3, 0.4) is 0 Å². The third kappa shape index (κ3) is 4.14. The van der Waals surface area contributed by atoms with Gasteiger partial charge in [0.2, 0.25) is 0 Å². The second-order valence-corrected chi connectivity index (χ2v) is 2.20. The van der Waals surface area contributed by atoms with Gasteiger partial charge in [-0.25, -0.2) is 0 Å². The zero-order chi connectivity index (χ0) is 5.70. The van der Waals surface area contributed by atoms with Crippen molar-refractivity contribution in [2.24, 2.45) is 0 Å². The molecule has 0 aliphatic heterocycles. The summed E-state index contributed by atoms with van der Waals surface area (Å²) in [5.41, 5.74) is 0. The molecule has 0 nitrogen and oxygen atoms in total. The molecule has 0 saturated heterocycles. The maximum absolute atomic E-state index is 5.71. The van der Waals surface area contributed by atoms with Crippen LogP contribution < -0.4 is 0 Å². The van der Waals surface area contributed by atoms with Crippen molar-refractivity contribution in [3.63, 3.8) is 0 Å². The normalized spacial score (nSPS) is 14.1. The molecule has 1 heteroatoms. The minimum Gasteiger partial charge on any atom is -0.123 e. The minimum atomic E-state index is 0.296. The van der Waals surface area contributed by atoms with E-state index in [-0.39, 0.29) is 0 Å². The van der Waals surface area contributed by atoms with Crippen molar-refractivity contribution in [3.8, 4) is 0 Å². The first-order valence-corrected chi connectivity index (χ1v) is 3.18. The molecule has 1 unspecified atom stereocenters. The monoisotopic (exact) mass is 119 g/mol. The molecule has 0 spiro atoms. The van der Waals surface area contributed by atoms with Crippen LogP contribution >= 0.6 is 11.6 Å². The number of halogens is 1. The van der Waals surface area contributed by atoms with Gasteiger partial charge in [0, 0.05) is 5.38 Å². The van der Waals surface area contributed by atoms with Gasteiger partial charge < -0.3 is 0 Å². The number of hydrogen-bond acceptors (Lipinski definition) is 0. The predicted molar refractivity (Wildman–Crippen MR) is 34.5 cm³/mol. The van der Waals surface area contributed by atoms with Crippen molar-refractivity contribution in [2.75, 3.05) is 0 Å². The van der Waals surface area contributed by atoms with E-state index in [0.29, 0.717) is 5.38 Å². The lowest BCUT2D eigenvalue weighted by Gasteiger charge is -1.99. The van der Waals surface area contributed by atoms with Crippen LogP contribution in [-0.2, 0) is 0 Å². The molecule has 0 bridgehead atoms. The summed E-state index contributed by atoms with van der Waals surface area (Å²) < 4.78 is 0. The van der Waals surface area contributed by atoms with E-state index in [9.17, 15) is 0 Å². The minimum absolute atomic E-state index is 0.296. The van der Waals surface area contributed by atoms with Crippen LogP contribution in [0.2, 0.25) is 0 Å². The summed E-state index contributed by atoms with van der Waals surface area (Å²) in [5, 5.41) is 0.296. The van der Waals surface area contributed by atoms with Crippen molar-refractivity contribution >= 4 is 11.6 Å². The quantitative estimate of drug-likeness (QED) is 0.501. The summed E-state index contributed by atoms with van der Waals surface area (Å²) in [6.07, 6.45) is 4.31. The largest absolute Gasteiger partial charge is 0.123 e. The zero-order valence-electron chi connectivity index (χ0n) is 4.95. The lowest BCUT2D eigenvalue weighted by molar-refractivity contribution is 0.791. The first-order valence-electron chi connectivity index (χ1n) is 2.74. The summed E-state index contributed by atoms with van der Waals surface area (Å²) in [6.45, 7) is 4.13. The van der Waals surface area contributed by atoms with Crippen molar-refractivity contribution < 1.29 is 0 Å². The fourth-order valence-electron chi connectivity index (χ4n) is 0.442. The molecule has 0 aromatic carbocycles. The van der Waals surface area contributed by atoms with Gasteiger partial charge in [-0.15, -0.1) is 11.6 Å². The molecule has 7 heavy (non-hydrogen) atoms. The van der Waals surface area contributed by atoms with Crippen LogP contribution in [0.1, 0.15) is 26.7 Å². The van der Waals surface area contributed by atoms with Crippen LogP contribution in [0, 0.1) is 6.42 Å². The van der Waals surface area contributed by atoms with Gasteiger partial charge in [-0.2, -0.15) is 0 Å². The smallest absolute Gasteiger partial charge is 0.0364 e. The van der Waals surface area contributed by atoms with Crippen molar-refractivity contribution in [3.05, 3.63) is 6.42 Å². The Hall–Kier alpha value is 0.290. The van der Waals surface area contributed by atoms with E-state index < -0.39 is 0 Å². The maximum Gasteiger partial charge on any atom is 0.0364 e. The second-order valence-electron chi connectivity index (χ2n) is 1.64. The topological polar surface area (TPSA) is 0 Å². The molecule has 0 amide bonds. The Morgan fingerprint density at radius 3 is 2.43 bits per heavy atom. The van der Waals surface area contributed by atoms with E-state index in [1.807, 2.05) is 13.3 Å². The van der Waals surface area contributed by atoms with Gasteiger partial charge in [-0.3, -0.25) is 0 Å². The third-order valence-corrected chi connectivity index (χ3v) is 1.40. The van der Waals surface area contributed by atoms with Crippen molar-refractivity contribution in [1.29, 1.82) is 0 Å². The third-order valence-electron chi connectivity index (χ3n) is 0.926. The van der Waals surface area contributed by atoms with E-state index in [4.69, 9.17) is 11.6 Å². The van der Waals surface area contributed by atoms with Gasteiger partial charge in [0.05, 0.1) is 0 Å². The lowest BCUT2D eigenvalue weighted by atomic mass is 10.2. The summed E-state index contributed by atoms with van der Waals surface area (Å²) in [6, 6.07) is 0. The molecule has 43 valence electrons.